The second kappa shape index (κ2) is 12.6. The summed E-state index contributed by atoms with van der Waals surface area (Å²) in [6.07, 6.45) is 1.69. The molecule has 0 bridgehead atoms. The van der Waals surface area contributed by atoms with E-state index in [1.807, 2.05) is 56.3 Å². The number of piperidine rings is 1. The number of ether oxygens (including phenoxy) is 1. The first kappa shape index (κ1) is 28.6. The zero-order valence-corrected chi connectivity index (χ0v) is 23.9. The van der Waals surface area contributed by atoms with Crippen molar-refractivity contribution in [1.82, 2.24) is 5.32 Å². The summed E-state index contributed by atoms with van der Waals surface area (Å²) >= 11 is 4.39. The minimum atomic E-state index is -1.21. The topological polar surface area (TPSA) is 137 Å². The summed E-state index contributed by atoms with van der Waals surface area (Å²) in [5.41, 5.74) is 4.20. The van der Waals surface area contributed by atoms with Crippen molar-refractivity contribution >= 4 is 56.5 Å². The van der Waals surface area contributed by atoms with E-state index < -0.39 is 24.6 Å². The lowest BCUT2D eigenvalue weighted by atomic mass is 9.89. The molecule has 1 unspecified atom stereocenters. The number of para-hydroxylation sites is 1. The molecule has 0 saturated carbocycles. The number of carboxylic acids is 2. The third-order valence-electron chi connectivity index (χ3n) is 6.66. The summed E-state index contributed by atoms with van der Waals surface area (Å²) in [4.78, 5) is 37.0. The zero-order valence-electron chi connectivity index (χ0n) is 21.5. The van der Waals surface area contributed by atoms with Crippen molar-refractivity contribution < 1.29 is 29.3 Å². The van der Waals surface area contributed by atoms with Crippen LogP contribution >= 0.6 is 27.3 Å². The van der Waals surface area contributed by atoms with Gasteiger partial charge in [-0.3, -0.25) is 4.79 Å². The van der Waals surface area contributed by atoms with Crippen LogP contribution in [0.3, 0.4) is 0 Å². The van der Waals surface area contributed by atoms with E-state index in [0.717, 1.165) is 54.1 Å². The molecule has 206 valence electrons. The highest BCUT2D eigenvalue weighted by atomic mass is 79.9. The lowest BCUT2D eigenvalue weighted by molar-refractivity contribution is -0.139. The van der Waals surface area contributed by atoms with Gasteiger partial charge in [-0.25, -0.2) is 9.59 Å². The van der Waals surface area contributed by atoms with Crippen molar-refractivity contribution in [1.29, 1.82) is 0 Å². The second-order valence-electron chi connectivity index (χ2n) is 9.44. The Morgan fingerprint density at radius 3 is 2.41 bits per heavy atom. The van der Waals surface area contributed by atoms with Crippen molar-refractivity contribution in [3.63, 3.8) is 0 Å². The predicted octanol–water partition coefficient (Wildman–Crippen LogP) is 5.37. The normalized spacial score (nSPS) is 14.4. The van der Waals surface area contributed by atoms with Gasteiger partial charge < -0.3 is 30.9 Å². The molecular formula is C28H30BrN3O6S. The summed E-state index contributed by atoms with van der Waals surface area (Å²) in [6.45, 7) is 4.94. The molecule has 1 fully saturated rings. The van der Waals surface area contributed by atoms with Gasteiger partial charge in [0.25, 0.3) is 0 Å². The number of aliphatic carboxylic acids is 1. The van der Waals surface area contributed by atoms with Gasteiger partial charge in [-0.1, -0.05) is 30.3 Å². The first-order valence-corrected chi connectivity index (χ1v) is 14.1. The number of carbonyl (C=O) groups is 3. The average Bonchev–Trinajstić information content (AvgIpc) is 3.25. The van der Waals surface area contributed by atoms with Crippen LogP contribution in [0, 0.1) is 19.8 Å². The van der Waals surface area contributed by atoms with E-state index >= 15 is 0 Å². The Labute approximate surface area is 238 Å². The van der Waals surface area contributed by atoms with E-state index in [-0.39, 0.29) is 22.5 Å². The Morgan fingerprint density at radius 2 is 1.77 bits per heavy atom. The molecule has 1 aliphatic rings. The number of benzene rings is 2. The number of hydrogen-bond acceptors (Lipinski definition) is 7. The van der Waals surface area contributed by atoms with Gasteiger partial charge in [0.15, 0.2) is 17.2 Å². The van der Waals surface area contributed by atoms with Gasteiger partial charge in [0, 0.05) is 11.4 Å². The molecule has 1 atom stereocenters. The maximum Gasteiger partial charge on any atom is 0.349 e. The first-order chi connectivity index (χ1) is 18.7. The third-order valence-corrected chi connectivity index (χ3v) is 8.88. The van der Waals surface area contributed by atoms with E-state index in [1.165, 1.54) is 0 Å². The molecule has 1 amide bonds. The fourth-order valence-electron chi connectivity index (χ4n) is 4.70. The molecule has 1 aliphatic heterocycles. The van der Waals surface area contributed by atoms with Crippen molar-refractivity contribution in [2.45, 2.75) is 32.7 Å². The highest BCUT2D eigenvalue weighted by Gasteiger charge is 2.30. The standard InChI is InChI=1S/C28H30BrN3O6S/c1-15-5-3-6-16(2)22(15)32-27(35)23(17-9-11-30-12-10-17)31-19-8-4-7-18(13-19)25-21(29)24(38-14-20(33)34)26(39-25)28(36)37/h3-8,13,17,23,30-31H,9-12,14H2,1-2H3,(H,32,35)(H,33,34)(H,36,37). The molecule has 9 nitrogen and oxygen atoms in total. The van der Waals surface area contributed by atoms with Gasteiger partial charge >= 0.3 is 11.9 Å². The van der Waals surface area contributed by atoms with Crippen molar-refractivity contribution in [3.8, 4) is 16.2 Å². The molecule has 39 heavy (non-hydrogen) atoms. The van der Waals surface area contributed by atoms with Crippen LogP contribution in [0.25, 0.3) is 10.4 Å². The van der Waals surface area contributed by atoms with Crippen LogP contribution in [-0.2, 0) is 9.59 Å². The molecule has 1 saturated heterocycles. The van der Waals surface area contributed by atoms with Crippen LogP contribution in [0.15, 0.2) is 46.9 Å². The Kier molecular flexibility index (Phi) is 9.26. The predicted molar refractivity (Wildman–Crippen MR) is 155 cm³/mol. The number of halogens is 1. The van der Waals surface area contributed by atoms with E-state index in [4.69, 9.17) is 9.84 Å². The van der Waals surface area contributed by atoms with Gasteiger partial charge in [-0.15, -0.1) is 11.3 Å². The Balaban J connectivity index is 1.64. The highest BCUT2D eigenvalue weighted by molar-refractivity contribution is 9.10. The number of rotatable bonds is 10. The summed E-state index contributed by atoms with van der Waals surface area (Å²) in [5, 5.41) is 28.6. The number of carboxylic acid groups (broad SMARTS) is 2. The van der Waals surface area contributed by atoms with Gasteiger partial charge in [-0.2, -0.15) is 0 Å². The largest absolute Gasteiger partial charge is 0.479 e. The fraction of sp³-hybridized carbons (Fsp3) is 0.321. The lowest BCUT2D eigenvalue weighted by Crippen LogP contribution is -2.45. The van der Waals surface area contributed by atoms with Crippen LogP contribution in [-0.4, -0.2) is 53.8 Å². The van der Waals surface area contributed by atoms with Crippen LogP contribution < -0.4 is 20.7 Å². The minimum Gasteiger partial charge on any atom is -0.479 e. The molecule has 1 aromatic heterocycles. The van der Waals surface area contributed by atoms with Gasteiger partial charge in [0.1, 0.15) is 6.04 Å². The third kappa shape index (κ3) is 6.78. The summed E-state index contributed by atoms with van der Waals surface area (Å²) < 4.78 is 5.65. The smallest absolute Gasteiger partial charge is 0.349 e. The number of thiophene rings is 1. The maximum absolute atomic E-state index is 13.7. The SMILES string of the molecule is Cc1cccc(C)c1NC(=O)C(Nc1cccc(-c2sc(C(=O)O)c(OCC(=O)O)c2Br)c1)C1CCNCC1. The van der Waals surface area contributed by atoms with Crippen LogP contribution in [0.2, 0.25) is 0 Å². The second-order valence-corrected chi connectivity index (χ2v) is 11.3. The van der Waals surface area contributed by atoms with Crippen LogP contribution in [0.5, 0.6) is 5.75 Å². The molecule has 0 radical (unpaired) electrons. The Morgan fingerprint density at radius 1 is 1.10 bits per heavy atom. The van der Waals surface area contributed by atoms with Crippen molar-refractivity contribution in [3.05, 3.63) is 62.9 Å². The molecular weight excluding hydrogens is 586 g/mol. The Bertz CT molecular complexity index is 1370. The summed E-state index contributed by atoms with van der Waals surface area (Å²) in [5.74, 6) is -2.44. The van der Waals surface area contributed by atoms with E-state index in [9.17, 15) is 19.5 Å². The number of carbonyl (C=O) groups excluding carboxylic acids is 1. The van der Waals surface area contributed by atoms with E-state index in [2.05, 4.69) is 31.9 Å². The fourth-order valence-corrected chi connectivity index (χ4v) is 6.59. The van der Waals surface area contributed by atoms with Crippen molar-refractivity contribution in [2.75, 3.05) is 30.3 Å². The molecule has 3 aromatic rings. The molecule has 2 heterocycles. The number of nitrogens with one attached hydrogen (secondary N) is 3. The monoisotopic (exact) mass is 615 g/mol. The quantitative estimate of drug-likeness (QED) is 0.205. The van der Waals surface area contributed by atoms with Gasteiger partial charge in [0.05, 0.1) is 9.35 Å². The molecule has 5 N–H and O–H groups in total. The average molecular weight is 617 g/mol. The molecule has 4 rings (SSSR count). The minimum absolute atomic E-state index is 0.0242. The summed E-state index contributed by atoms with van der Waals surface area (Å²) in [7, 11) is 0. The maximum atomic E-state index is 13.7. The Hall–Kier alpha value is -3.41. The highest BCUT2D eigenvalue weighted by Crippen LogP contribution is 2.46. The first-order valence-electron chi connectivity index (χ1n) is 12.5. The number of aryl methyl sites for hydroxylation is 2. The summed E-state index contributed by atoms with van der Waals surface area (Å²) in [6, 6.07) is 12.8. The molecule has 11 heteroatoms. The van der Waals surface area contributed by atoms with E-state index in [1.54, 1.807) is 0 Å². The molecule has 0 spiro atoms. The zero-order chi connectivity index (χ0) is 28.1. The number of amides is 1. The van der Waals surface area contributed by atoms with Crippen LogP contribution in [0.1, 0.15) is 33.6 Å². The van der Waals surface area contributed by atoms with Crippen molar-refractivity contribution in [2.24, 2.45) is 5.92 Å². The number of aromatic carboxylic acids is 1. The molecule has 0 aliphatic carbocycles. The number of hydrogen-bond donors (Lipinski definition) is 5. The van der Waals surface area contributed by atoms with E-state index in [0.29, 0.717) is 20.6 Å². The van der Waals surface area contributed by atoms with Crippen LogP contribution in [0.4, 0.5) is 11.4 Å². The van der Waals surface area contributed by atoms with Gasteiger partial charge in [0.2, 0.25) is 5.91 Å². The van der Waals surface area contributed by atoms with Gasteiger partial charge in [-0.05, 0) is 90.4 Å². The number of anilines is 2. The molecule has 2 aromatic carbocycles. The lowest BCUT2D eigenvalue weighted by Gasteiger charge is -2.31.